The van der Waals surface area contributed by atoms with Crippen molar-refractivity contribution in [2.75, 3.05) is 24.2 Å². The third kappa shape index (κ3) is 10.2. The average Bonchev–Trinajstić information content (AvgIpc) is 3.77. The van der Waals surface area contributed by atoms with Crippen LogP contribution in [0, 0.1) is 5.92 Å². The summed E-state index contributed by atoms with van der Waals surface area (Å²) in [6, 6.07) is 10.4. The van der Waals surface area contributed by atoms with E-state index in [1.807, 2.05) is 0 Å². The van der Waals surface area contributed by atoms with Crippen molar-refractivity contribution >= 4 is 50.9 Å². The van der Waals surface area contributed by atoms with E-state index in [-0.39, 0.29) is 40.1 Å². The number of esters is 2. The van der Waals surface area contributed by atoms with Crippen molar-refractivity contribution < 1.29 is 50.7 Å². The highest BCUT2D eigenvalue weighted by atomic mass is 35.5. The van der Waals surface area contributed by atoms with Crippen molar-refractivity contribution in [2.45, 2.75) is 38.4 Å². The van der Waals surface area contributed by atoms with Gasteiger partial charge >= 0.3 is 18.6 Å². The maximum atomic E-state index is 13.1. The third-order valence-corrected chi connectivity index (χ3v) is 7.65. The van der Waals surface area contributed by atoms with Crippen LogP contribution >= 0.6 is 23.2 Å². The average molecular weight is 675 g/mol. The minimum atomic E-state index is -3.60. The molecular formula is C29H29Cl2F2N2O8S+. The number of aromatic nitrogens is 1. The Kier molecular flexibility index (Phi) is 11.2. The molecule has 1 aliphatic rings. The molecule has 15 heteroatoms. The van der Waals surface area contributed by atoms with E-state index in [1.54, 1.807) is 12.1 Å². The molecule has 2 N–H and O–H groups in total. The van der Waals surface area contributed by atoms with Crippen LogP contribution in [0.15, 0.2) is 54.9 Å². The zero-order valence-corrected chi connectivity index (χ0v) is 25.7. The number of anilines is 1. The largest absolute Gasteiger partial charge is 0.489 e. The zero-order valence-electron chi connectivity index (χ0n) is 23.4. The highest BCUT2D eigenvalue weighted by molar-refractivity contribution is 7.92. The lowest BCUT2D eigenvalue weighted by Crippen LogP contribution is -2.22. The Hall–Kier alpha value is -3.68. The lowest BCUT2D eigenvalue weighted by atomic mass is 10.0. The van der Waals surface area contributed by atoms with Crippen LogP contribution in [0.4, 0.5) is 14.5 Å². The number of sulfonamides is 1. The summed E-state index contributed by atoms with van der Waals surface area (Å²) in [5, 5.41) is 0.517. The van der Waals surface area contributed by atoms with Crippen molar-refractivity contribution in [1.82, 2.24) is 0 Å². The molecule has 0 radical (unpaired) electrons. The summed E-state index contributed by atoms with van der Waals surface area (Å²) in [7, 11) is -3.60. The zero-order chi connectivity index (χ0) is 31.9. The van der Waals surface area contributed by atoms with Gasteiger partial charge in [0, 0.05) is 12.0 Å². The van der Waals surface area contributed by atoms with Crippen LogP contribution in [0.5, 0.6) is 11.5 Å². The number of pyridine rings is 1. The van der Waals surface area contributed by atoms with Gasteiger partial charge in [-0.3, -0.25) is 9.52 Å². The lowest BCUT2D eigenvalue weighted by molar-refractivity contribution is -0.377. The minimum absolute atomic E-state index is 0.0202. The molecular weight excluding hydrogens is 645 g/mol. The SMILES string of the molecule is CS(=O)(=O)Nc1ccccc1CC(=O)OCC(=O)O[C@@H](Cc1c(Cl)c[nH+]cc1Cl)c1ccc(OC(F)F)c(OCC2CC2)c1. The number of hydrogen-bond acceptors (Lipinski definition) is 8. The van der Waals surface area contributed by atoms with Gasteiger partial charge < -0.3 is 18.9 Å². The monoisotopic (exact) mass is 673 g/mol. The first-order valence-electron chi connectivity index (χ1n) is 13.3. The van der Waals surface area contributed by atoms with E-state index in [4.69, 9.17) is 37.4 Å². The number of para-hydroxylation sites is 1. The summed E-state index contributed by atoms with van der Waals surface area (Å²) in [5.41, 5.74) is 1.33. The molecule has 2 aromatic carbocycles. The van der Waals surface area contributed by atoms with Crippen molar-refractivity contribution in [3.8, 4) is 11.5 Å². The number of alkyl halides is 2. The summed E-state index contributed by atoms with van der Waals surface area (Å²) in [5.74, 6) is -1.56. The van der Waals surface area contributed by atoms with Crippen LogP contribution in [-0.4, -0.2) is 46.4 Å². The van der Waals surface area contributed by atoms with E-state index in [1.165, 1.54) is 42.7 Å². The van der Waals surface area contributed by atoms with Gasteiger partial charge in [-0.2, -0.15) is 8.78 Å². The maximum Gasteiger partial charge on any atom is 0.387 e. The summed E-state index contributed by atoms with van der Waals surface area (Å²) in [6.07, 6.45) is 4.48. The predicted octanol–water partition coefficient (Wildman–Crippen LogP) is 5.18. The number of hydrogen-bond donors (Lipinski definition) is 1. The highest BCUT2D eigenvalue weighted by Gasteiger charge is 2.26. The van der Waals surface area contributed by atoms with E-state index < -0.39 is 41.3 Å². The Morgan fingerprint density at radius 3 is 2.41 bits per heavy atom. The molecule has 44 heavy (non-hydrogen) atoms. The van der Waals surface area contributed by atoms with Crippen molar-refractivity contribution in [3.05, 3.63) is 81.6 Å². The number of benzene rings is 2. The summed E-state index contributed by atoms with van der Waals surface area (Å²) in [6.45, 7) is -3.54. The summed E-state index contributed by atoms with van der Waals surface area (Å²) >= 11 is 12.7. The fraction of sp³-hybridized carbons (Fsp3) is 0.345. The van der Waals surface area contributed by atoms with Crippen LogP contribution in [0.25, 0.3) is 0 Å². The number of carbonyl (C=O) groups is 2. The first kappa shape index (κ1) is 33.2. The molecule has 1 atom stereocenters. The summed E-state index contributed by atoms with van der Waals surface area (Å²) in [4.78, 5) is 28.2. The topological polar surface area (TPSA) is 131 Å². The Bertz CT molecular complexity index is 1590. The molecule has 0 amide bonds. The molecule has 1 heterocycles. The van der Waals surface area contributed by atoms with Gasteiger partial charge in [0.1, 0.15) is 16.1 Å². The Morgan fingerprint density at radius 1 is 1.05 bits per heavy atom. The van der Waals surface area contributed by atoms with Gasteiger partial charge in [0.05, 0.1) is 25.0 Å². The number of H-pyrrole nitrogens is 1. The van der Waals surface area contributed by atoms with Gasteiger partial charge in [-0.15, -0.1) is 0 Å². The molecule has 0 bridgehead atoms. The smallest absolute Gasteiger partial charge is 0.387 e. The molecule has 10 nitrogen and oxygen atoms in total. The van der Waals surface area contributed by atoms with Crippen LogP contribution in [0.2, 0.25) is 10.0 Å². The number of ether oxygens (including phenoxy) is 4. The fourth-order valence-corrected chi connectivity index (χ4v) is 5.25. The Labute approximate surface area is 262 Å². The second-order valence-electron chi connectivity index (χ2n) is 10.0. The van der Waals surface area contributed by atoms with Gasteiger partial charge in [0.25, 0.3) is 0 Å². The second kappa shape index (κ2) is 14.9. The van der Waals surface area contributed by atoms with Gasteiger partial charge in [0.15, 0.2) is 30.5 Å². The van der Waals surface area contributed by atoms with Crippen molar-refractivity contribution in [3.63, 3.8) is 0 Å². The fourth-order valence-electron chi connectivity index (χ4n) is 4.12. The first-order valence-corrected chi connectivity index (χ1v) is 16.0. The van der Waals surface area contributed by atoms with E-state index in [0.29, 0.717) is 29.2 Å². The van der Waals surface area contributed by atoms with Crippen LogP contribution in [0.1, 0.15) is 35.6 Å². The number of nitrogens with one attached hydrogen (secondary N) is 2. The molecule has 0 aliphatic heterocycles. The van der Waals surface area contributed by atoms with Crippen molar-refractivity contribution in [1.29, 1.82) is 0 Å². The molecule has 236 valence electrons. The number of halogens is 4. The van der Waals surface area contributed by atoms with E-state index in [0.717, 1.165) is 19.1 Å². The Morgan fingerprint density at radius 2 is 1.75 bits per heavy atom. The number of rotatable bonds is 15. The molecule has 1 fully saturated rings. The van der Waals surface area contributed by atoms with Crippen LogP contribution in [0.3, 0.4) is 0 Å². The van der Waals surface area contributed by atoms with Crippen molar-refractivity contribution in [2.24, 2.45) is 5.92 Å². The number of aromatic amines is 1. The van der Waals surface area contributed by atoms with E-state index in [9.17, 15) is 26.8 Å². The molecule has 0 spiro atoms. The standard InChI is InChI=1S/C29H28Cl2F2N2O8S/c1-44(38,39)35-23-5-3-2-4-18(23)11-27(36)41-16-28(37)42-25(12-20-21(30)13-34-14-22(20)31)19-8-9-24(43-29(32)33)26(10-19)40-15-17-6-7-17/h2-5,8-10,13-14,17,25,29,35H,6-7,11-12,15-16H2,1H3/p+1/t25-/m0/s1. The first-order chi connectivity index (χ1) is 20.9. The van der Waals surface area contributed by atoms with E-state index >= 15 is 0 Å². The molecule has 1 aromatic heterocycles. The second-order valence-corrected chi connectivity index (χ2v) is 12.6. The van der Waals surface area contributed by atoms with Gasteiger partial charge in [-0.25, -0.2) is 18.2 Å². The van der Waals surface area contributed by atoms with E-state index in [2.05, 4.69) is 14.4 Å². The molecule has 1 saturated carbocycles. The predicted molar refractivity (Wildman–Crippen MR) is 156 cm³/mol. The molecule has 3 aromatic rings. The van der Waals surface area contributed by atoms with Gasteiger partial charge in [0.2, 0.25) is 10.0 Å². The minimum Gasteiger partial charge on any atom is -0.489 e. The quantitative estimate of drug-likeness (QED) is 0.218. The molecule has 4 rings (SSSR count). The van der Waals surface area contributed by atoms with Gasteiger partial charge in [-0.1, -0.05) is 47.5 Å². The summed E-state index contributed by atoms with van der Waals surface area (Å²) < 4.78 is 72.9. The lowest BCUT2D eigenvalue weighted by Gasteiger charge is -2.21. The third-order valence-electron chi connectivity index (χ3n) is 6.39. The van der Waals surface area contributed by atoms with Gasteiger partial charge in [-0.05, 0) is 48.1 Å². The number of carbonyl (C=O) groups excluding carboxylic acids is 2. The Balaban J connectivity index is 1.50. The van der Waals surface area contributed by atoms with Crippen LogP contribution in [-0.2, 0) is 41.9 Å². The maximum absolute atomic E-state index is 13.1. The highest BCUT2D eigenvalue weighted by Crippen LogP contribution is 2.37. The molecule has 0 unspecified atom stereocenters. The normalized spacial score (nSPS) is 13.7. The van der Waals surface area contributed by atoms with Crippen LogP contribution < -0.4 is 19.2 Å². The molecule has 0 saturated heterocycles. The molecule has 1 aliphatic carbocycles.